The summed E-state index contributed by atoms with van der Waals surface area (Å²) in [5.41, 5.74) is 11.1. The standard InChI is InChI=1S/2C24H23.Fe/c2*1-16-9-5-6-11-18(16)19-12-7-10-17-15-21-20(23(17)19)13-8-14-22(21)24(2,3)4;/h2*5-15H,1-4H3;/q2*-1;+2. The van der Waals surface area contributed by atoms with E-state index in [0.717, 1.165) is 0 Å². The maximum absolute atomic E-state index is 2.37. The number of aryl methyl sites for hydroxylation is 2. The van der Waals surface area contributed by atoms with Gasteiger partial charge in [-0.3, -0.25) is 0 Å². The fourth-order valence-corrected chi connectivity index (χ4v) is 7.68. The van der Waals surface area contributed by atoms with Gasteiger partial charge in [-0.15, -0.1) is 67.4 Å². The quantitative estimate of drug-likeness (QED) is 0.126. The molecule has 0 radical (unpaired) electrons. The van der Waals surface area contributed by atoms with E-state index >= 15 is 0 Å². The van der Waals surface area contributed by atoms with Crippen molar-refractivity contribution in [1.82, 2.24) is 0 Å². The van der Waals surface area contributed by atoms with Crippen molar-refractivity contribution in [3.63, 3.8) is 0 Å². The maximum Gasteiger partial charge on any atom is 2.00 e. The molecule has 0 bridgehead atoms. The van der Waals surface area contributed by atoms with E-state index in [0.29, 0.717) is 0 Å². The number of benzene rings is 6. The van der Waals surface area contributed by atoms with E-state index in [4.69, 9.17) is 0 Å². The second-order valence-corrected chi connectivity index (χ2v) is 15.5. The summed E-state index contributed by atoms with van der Waals surface area (Å²) < 4.78 is 0. The minimum Gasteiger partial charge on any atom is -0.126 e. The van der Waals surface area contributed by atoms with Gasteiger partial charge in [0.2, 0.25) is 0 Å². The summed E-state index contributed by atoms with van der Waals surface area (Å²) in [6, 6.07) is 48.9. The van der Waals surface area contributed by atoms with Gasteiger partial charge in [-0.2, -0.15) is 0 Å². The van der Waals surface area contributed by atoms with Crippen LogP contribution in [0.4, 0.5) is 0 Å². The van der Waals surface area contributed by atoms with E-state index in [2.05, 4.69) is 189 Å². The molecule has 8 aromatic carbocycles. The van der Waals surface area contributed by atoms with Crippen molar-refractivity contribution >= 4 is 43.1 Å². The molecular formula is C48H46Fe. The Morgan fingerprint density at radius 3 is 1.10 bits per heavy atom. The summed E-state index contributed by atoms with van der Waals surface area (Å²) in [6.45, 7) is 18.1. The minimum atomic E-state index is 0. The van der Waals surface area contributed by atoms with Crippen molar-refractivity contribution in [2.24, 2.45) is 0 Å². The SMILES string of the molecule is Cc1ccccc1-c1cccc2[cH-]c3c(C(C)(C)C)cccc3c12.Cc1ccccc1-c1cccc2[cH-]c3c(C(C)(C)C)cccc3c12.[Fe+2]. The molecule has 0 aromatic heterocycles. The van der Waals surface area contributed by atoms with Crippen LogP contribution in [0.15, 0.2) is 133 Å². The molecular weight excluding hydrogens is 632 g/mol. The van der Waals surface area contributed by atoms with Crippen LogP contribution in [0.5, 0.6) is 0 Å². The molecule has 0 saturated heterocycles. The second kappa shape index (κ2) is 13.1. The van der Waals surface area contributed by atoms with Gasteiger partial charge in [-0.1, -0.05) is 173 Å². The summed E-state index contributed by atoms with van der Waals surface area (Å²) in [4.78, 5) is 0. The summed E-state index contributed by atoms with van der Waals surface area (Å²) in [6.07, 6.45) is 0. The van der Waals surface area contributed by atoms with Gasteiger partial charge >= 0.3 is 17.1 Å². The first kappa shape index (κ1) is 34.4. The second-order valence-electron chi connectivity index (χ2n) is 15.5. The third kappa shape index (κ3) is 6.27. The summed E-state index contributed by atoms with van der Waals surface area (Å²) in [5.74, 6) is 0. The van der Waals surface area contributed by atoms with Crippen LogP contribution in [0.1, 0.15) is 63.8 Å². The molecule has 0 spiro atoms. The zero-order valence-electron chi connectivity index (χ0n) is 30.1. The van der Waals surface area contributed by atoms with E-state index in [1.54, 1.807) is 0 Å². The van der Waals surface area contributed by atoms with Gasteiger partial charge in [-0.05, 0) is 46.9 Å². The molecule has 0 aliphatic heterocycles. The molecule has 0 amide bonds. The number of fused-ring (bicyclic) bond motifs is 6. The third-order valence-electron chi connectivity index (χ3n) is 10.0. The van der Waals surface area contributed by atoms with Crippen molar-refractivity contribution in [1.29, 1.82) is 0 Å². The van der Waals surface area contributed by atoms with Gasteiger partial charge in [0.15, 0.2) is 0 Å². The number of hydrogen-bond acceptors (Lipinski definition) is 0. The molecule has 0 fully saturated rings. The monoisotopic (exact) mass is 678 g/mol. The van der Waals surface area contributed by atoms with Gasteiger partial charge < -0.3 is 0 Å². The maximum atomic E-state index is 2.37. The molecule has 0 unspecified atom stereocenters. The molecule has 1 heteroatoms. The predicted molar refractivity (Wildman–Crippen MR) is 212 cm³/mol. The van der Waals surface area contributed by atoms with E-state index in [9.17, 15) is 0 Å². The molecule has 0 saturated carbocycles. The van der Waals surface area contributed by atoms with Crippen molar-refractivity contribution in [3.05, 3.63) is 156 Å². The van der Waals surface area contributed by atoms with Gasteiger partial charge in [0.25, 0.3) is 0 Å². The molecule has 0 atom stereocenters. The molecule has 8 rings (SSSR count). The predicted octanol–water partition coefficient (Wildman–Crippen LogP) is 14.0. The Kier molecular flexibility index (Phi) is 9.23. The van der Waals surface area contributed by atoms with Crippen LogP contribution >= 0.6 is 0 Å². The van der Waals surface area contributed by atoms with E-state index in [1.165, 1.54) is 87.6 Å². The van der Waals surface area contributed by atoms with Crippen molar-refractivity contribution in [3.8, 4) is 22.3 Å². The Labute approximate surface area is 303 Å². The topological polar surface area (TPSA) is 0 Å². The molecule has 246 valence electrons. The first-order valence-corrected chi connectivity index (χ1v) is 17.3. The van der Waals surface area contributed by atoms with E-state index in [1.807, 2.05) is 0 Å². The Balaban J connectivity index is 0.000000167. The number of hydrogen-bond donors (Lipinski definition) is 0. The van der Waals surface area contributed by atoms with Gasteiger partial charge in [0.1, 0.15) is 0 Å². The summed E-state index contributed by atoms with van der Waals surface area (Å²) >= 11 is 0. The zero-order chi connectivity index (χ0) is 33.8. The van der Waals surface area contributed by atoms with Crippen LogP contribution in [-0.4, -0.2) is 0 Å². The Morgan fingerprint density at radius 2 is 0.735 bits per heavy atom. The molecule has 0 heterocycles. The number of rotatable bonds is 2. The zero-order valence-corrected chi connectivity index (χ0v) is 31.2. The average Bonchev–Trinajstić information content (AvgIpc) is 3.63. The van der Waals surface area contributed by atoms with Crippen molar-refractivity contribution < 1.29 is 17.1 Å². The van der Waals surface area contributed by atoms with Crippen LogP contribution < -0.4 is 0 Å². The van der Waals surface area contributed by atoms with Crippen LogP contribution in [0.25, 0.3) is 65.3 Å². The van der Waals surface area contributed by atoms with Crippen LogP contribution in [0.2, 0.25) is 0 Å². The smallest absolute Gasteiger partial charge is 0.126 e. The average molecular weight is 679 g/mol. The minimum absolute atomic E-state index is 0. The largest absolute Gasteiger partial charge is 2.00 e. The Hall–Kier alpha value is -4.42. The Bertz CT molecular complexity index is 2260. The summed E-state index contributed by atoms with van der Waals surface area (Å²) in [5, 5.41) is 11.0. The fourth-order valence-electron chi connectivity index (χ4n) is 7.68. The molecule has 0 aliphatic carbocycles. The van der Waals surface area contributed by atoms with Gasteiger partial charge in [0.05, 0.1) is 0 Å². The normalized spacial score (nSPS) is 11.9. The van der Waals surface area contributed by atoms with E-state index < -0.39 is 0 Å². The van der Waals surface area contributed by atoms with Crippen molar-refractivity contribution in [2.45, 2.75) is 66.2 Å². The first-order chi connectivity index (χ1) is 22.9. The van der Waals surface area contributed by atoms with Crippen molar-refractivity contribution in [2.75, 3.05) is 0 Å². The van der Waals surface area contributed by atoms with Crippen LogP contribution in [0.3, 0.4) is 0 Å². The van der Waals surface area contributed by atoms with E-state index in [-0.39, 0.29) is 27.9 Å². The molecule has 49 heavy (non-hydrogen) atoms. The summed E-state index contributed by atoms with van der Waals surface area (Å²) in [7, 11) is 0. The molecule has 8 aromatic rings. The van der Waals surface area contributed by atoms with Crippen LogP contribution in [0, 0.1) is 13.8 Å². The van der Waals surface area contributed by atoms with Gasteiger partial charge in [0, 0.05) is 0 Å². The molecule has 0 nitrogen and oxygen atoms in total. The molecule has 0 aliphatic rings. The third-order valence-corrected chi connectivity index (χ3v) is 10.0. The fraction of sp³-hybridized carbons (Fsp3) is 0.208. The van der Waals surface area contributed by atoms with Gasteiger partial charge in [-0.25, -0.2) is 0 Å². The Morgan fingerprint density at radius 1 is 0.388 bits per heavy atom. The first-order valence-electron chi connectivity index (χ1n) is 17.3. The van der Waals surface area contributed by atoms with Crippen LogP contribution in [-0.2, 0) is 27.9 Å². The molecule has 0 N–H and O–H groups in total.